The fourth-order valence-electron chi connectivity index (χ4n) is 1.73. The lowest BCUT2D eigenvalue weighted by Gasteiger charge is -1.96. The summed E-state index contributed by atoms with van der Waals surface area (Å²) >= 11 is 0. The van der Waals surface area contributed by atoms with Crippen molar-refractivity contribution in [1.82, 2.24) is 0 Å². The minimum absolute atomic E-state index is 0.167. The van der Waals surface area contributed by atoms with E-state index in [4.69, 9.17) is 25.2 Å². The van der Waals surface area contributed by atoms with Crippen LogP contribution in [-0.4, -0.2) is 33.2 Å². The summed E-state index contributed by atoms with van der Waals surface area (Å²) in [6.07, 6.45) is 7.55. The maximum Gasteiger partial charge on any atom is 0.503 e. The van der Waals surface area contributed by atoms with Crippen LogP contribution < -0.4 is 0 Å². The second kappa shape index (κ2) is 14.2. The summed E-state index contributed by atoms with van der Waals surface area (Å²) in [5.74, 6) is 0.625. The lowest BCUT2D eigenvalue weighted by molar-refractivity contribution is 0.137. The quantitative estimate of drug-likeness (QED) is 0.553. The average Bonchev–Trinajstić information content (AvgIpc) is 2.73. The number of hydrogen-bond acceptors (Lipinski definition) is 3. The second-order valence-electron chi connectivity index (χ2n) is 5.42. The molecule has 1 rings (SSSR count). The van der Waals surface area contributed by atoms with Crippen LogP contribution in [0.25, 0.3) is 0 Å². The molecule has 0 radical (unpaired) electrons. The Hall–Kier alpha value is -1.75. The van der Waals surface area contributed by atoms with Gasteiger partial charge >= 0.3 is 6.16 Å². The van der Waals surface area contributed by atoms with Crippen molar-refractivity contribution < 1.29 is 25.2 Å². The van der Waals surface area contributed by atoms with Gasteiger partial charge in [0.05, 0.1) is 12.4 Å². The molecule has 1 aliphatic carbocycles. The highest BCUT2D eigenvalue weighted by atomic mass is 16.6. The highest BCUT2D eigenvalue weighted by Gasteiger charge is 2.06. The van der Waals surface area contributed by atoms with E-state index in [9.17, 15) is 0 Å². The maximum atomic E-state index is 8.88. The molecule has 0 saturated heterocycles. The van der Waals surface area contributed by atoms with Gasteiger partial charge in [-0.15, -0.1) is 0 Å². The SMILES string of the molecule is CC(C)=CCC/C(C)=C/CO.CC1=C(O)CCC1.O=C(O)O. The van der Waals surface area contributed by atoms with Crippen LogP contribution in [-0.2, 0) is 0 Å². The molecule has 0 saturated carbocycles. The Morgan fingerprint density at radius 1 is 1.14 bits per heavy atom. The number of carbonyl (C=O) groups is 1. The minimum atomic E-state index is -1.83. The van der Waals surface area contributed by atoms with Crippen LogP contribution >= 0.6 is 0 Å². The van der Waals surface area contributed by atoms with Gasteiger partial charge in [0.2, 0.25) is 0 Å². The van der Waals surface area contributed by atoms with Crippen LogP contribution in [0.1, 0.15) is 59.8 Å². The minimum Gasteiger partial charge on any atom is -0.512 e. The molecule has 5 heteroatoms. The standard InChI is InChI=1S/C10H18O.C6H10O.CH2O3/c1-9(2)5-4-6-10(3)7-8-11;1-5-3-2-4-6(5)7;2-1(3)4/h5,7,11H,4,6,8H2,1-3H3;7H,2-4H2,1H3;(H2,2,3,4)/b10-7+;;. The Bertz CT molecular complexity index is 385. The molecule has 0 aliphatic heterocycles. The molecule has 0 aromatic heterocycles. The first kappa shape index (κ1) is 22.5. The van der Waals surface area contributed by atoms with E-state index in [1.165, 1.54) is 16.7 Å². The molecule has 0 aromatic carbocycles. The molecule has 0 heterocycles. The first-order valence-corrected chi connectivity index (χ1v) is 7.40. The molecule has 128 valence electrons. The molecule has 4 N–H and O–H groups in total. The Morgan fingerprint density at radius 3 is 1.95 bits per heavy atom. The molecule has 22 heavy (non-hydrogen) atoms. The largest absolute Gasteiger partial charge is 0.512 e. The Labute approximate surface area is 133 Å². The van der Waals surface area contributed by atoms with Gasteiger partial charge in [0.1, 0.15) is 0 Å². The van der Waals surface area contributed by atoms with Crippen LogP contribution in [0.5, 0.6) is 0 Å². The van der Waals surface area contributed by atoms with Crippen LogP contribution in [0.3, 0.4) is 0 Å². The molecule has 0 atom stereocenters. The topological polar surface area (TPSA) is 98.0 Å². The molecule has 0 amide bonds. The number of rotatable bonds is 4. The van der Waals surface area contributed by atoms with Crippen molar-refractivity contribution in [1.29, 1.82) is 0 Å². The van der Waals surface area contributed by atoms with E-state index in [0.29, 0.717) is 5.76 Å². The number of aliphatic hydroxyl groups is 2. The number of hydrogen-bond donors (Lipinski definition) is 4. The van der Waals surface area contributed by atoms with E-state index in [2.05, 4.69) is 26.8 Å². The first-order valence-electron chi connectivity index (χ1n) is 7.40. The van der Waals surface area contributed by atoms with E-state index in [1.54, 1.807) is 0 Å². The van der Waals surface area contributed by atoms with Crippen molar-refractivity contribution >= 4 is 6.16 Å². The van der Waals surface area contributed by atoms with E-state index >= 15 is 0 Å². The fraction of sp³-hybridized carbons (Fsp3) is 0.588. The van der Waals surface area contributed by atoms with E-state index in [-0.39, 0.29) is 6.61 Å². The molecular formula is C17H30O5. The van der Waals surface area contributed by atoms with E-state index < -0.39 is 6.16 Å². The Kier molecular flexibility index (Phi) is 14.5. The third-order valence-corrected chi connectivity index (χ3v) is 2.99. The molecule has 1 aliphatic rings. The molecule has 0 bridgehead atoms. The van der Waals surface area contributed by atoms with Crippen LogP contribution in [0.15, 0.2) is 34.6 Å². The van der Waals surface area contributed by atoms with Gasteiger partial charge in [0, 0.05) is 6.42 Å². The zero-order valence-electron chi connectivity index (χ0n) is 14.1. The van der Waals surface area contributed by atoms with E-state index in [0.717, 1.165) is 32.1 Å². The van der Waals surface area contributed by atoms with E-state index in [1.807, 2.05) is 13.0 Å². The van der Waals surface area contributed by atoms with Crippen LogP contribution in [0, 0.1) is 0 Å². The Balaban J connectivity index is 0. The highest BCUT2D eigenvalue weighted by molar-refractivity contribution is 5.53. The number of allylic oxidation sites excluding steroid dienone is 5. The third-order valence-electron chi connectivity index (χ3n) is 2.99. The average molecular weight is 314 g/mol. The summed E-state index contributed by atoms with van der Waals surface area (Å²) in [5.41, 5.74) is 3.81. The van der Waals surface area contributed by atoms with Gasteiger partial charge in [-0.05, 0) is 59.0 Å². The number of aliphatic hydroxyl groups excluding tert-OH is 2. The monoisotopic (exact) mass is 314 g/mol. The van der Waals surface area contributed by atoms with Gasteiger partial charge in [0.25, 0.3) is 0 Å². The van der Waals surface area contributed by atoms with Crippen molar-refractivity contribution in [3.63, 3.8) is 0 Å². The van der Waals surface area contributed by atoms with Gasteiger partial charge in [-0.25, -0.2) is 4.79 Å². The molecule has 0 aromatic rings. The van der Waals surface area contributed by atoms with Gasteiger partial charge in [-0.3, -0.25) is 0 Å². The first-order chi connectivity index (χ1) is 10.2. The van der Waals surface area contributed by atoms with Crippen LogP contribution in [0.4, 0.5) is 4.79 Å². The summed E-state index contributed by atoms with van der Waals surface area (Å²) in [7, 11) is 0. The molecular weight excluding hydrogens is 284 g/mol. The lowest BCUT2D eigenvalue weighted by Crippen LogP contribution is -1.81. The summed E-state index contributed by atoms with van der Waals surface area (Å²) in [4.78, 5) is 8.56. The molecule has 0 fully saturated rings. The third kappa shape index (κ3) is 18.2. The normalized spacial score (nSPS) is 13.6. The van der Waals surface area contributed by atoms with Crippen molar-refractivity contribution in [3.05, 3.63) is 34.6 Å². The van der Waals surface area contributed by atoms with Gasteiger partial charge in [-0.2, -0.15) is 0 Å². The van der Waals surface area contributed by atoms with Crippen LogP contribution in [0.2, 0.25) is 0 Å². The summed E-state index contributed by atoms with van der Waals surface area (Å²) < 4.78 is 0. The Morgan fingerprint density at radius 2 is 1.68 bits per heavy atom. The van der Waals surface area contributed by atoms with Crippen molar-refractivity contribution in [2.24, 2.45) is 0 Å². The molecule has 0 spiro atoms. The summed E-state index contributed by atoms with van der Waals surface area (Å²) in [5, 5.41) is 31.4. The number of carboxylic acid groups (broad SMARTS) is 2. The van der Waals surface area contributed by atoms with Gasteiger partial charge in [0.15, 0.2) is 0 Å². The zero-order valence-corrected chi connectivity index (χ0v) is 14.1. The predicted octanol–water partition coefficient (Wildman–Crippen LogP) is 4.90. The van der Waals surface area contributed by atoms with Gasteiger partial charge < -0.3 is 20.4 Å². The summed E-state index contributed by atoms with van der Waals surface area (Å²) in [6.45, 7) is 8.41. The maximum absolute atomic E-state index is 8.88. The van der Waals surface area contributed by atoms with Crippen molar-refractivity contribution in [3.8, 4) is 0 Å². The molecule has 5 nitrogen and oxygen atoms in total. The predicted molar refractivity (Wildman–Crippen MR) is 89.3 cm³/mol. The second-order valence-corrected chi connectivity index (χ2v) is 5.42. The van der Waals surface area contributed by atoms with Crippen molar-refractivity contribution in [2.75, 3.05) is 6.61 Å². The van der Waals surface area contributed by atoms with Gasteiger partial charge in [-0.1, -0.05) is 23.3 Å². The highest BCUT2D eigenvalue weighted by Crippen LogP contribution is 2.22. The fourth-order valence-corrected chi connectivity index (χ4v) is 1.73. The zero-order chi connectivity index (χ0) is 17.5. The smallest absolute Gasteiger partial charge is 0.503 e. The lowest BCUT2D eigenvalue weighted by atomic mass is 10.1. The van der Waals surface area contributed by atoms with Crippen molar-refractivity contribution in [2.45, 2.75) is 59.8 Å². The summed E-state index contributed by atoms with van der Waals surface area (Å²) in [6, 6.07) is 0. The molecule has 0 unspecified atom stereocenters.